The summed E-state index contributed by atoms with van der Waals surface area (Å²) >= 11 is 0. The zero-order chi connectivity index (χ0) is 11.4. The number of hydrogen-bond acceptors (Lipinski definition) is 4. The quantitative estimate of drug-likeness (QED) is 0.778. The maximum Gasteiger partial charge on any atom is 0.373 e. The maximum atomic E-state index is 10.5. The molecule has 5 nitrogen and oxygen atoms in total. The molecule has 0 radical (unpaired) electrons. The molecular formula is C10H15N3O2. The van der Waals surface area contributed by atoms with Crippen LogP contribution in [-0.4, -0.2) is 21.0 Å². The van der Waals surface area contributed by atoms with E-state index in [1.165, 1.54) is 12.4 Å². The van der Waals surface area contributed by atoms with E-state index in [1.807, 2.05) is 0 Å². The Labute approximate surface area is 88.4 Å². The van der Waals surface area contributed by atoms with Gasteiger partial charge in [0.25, 0.3) is 0 Å². The molecule has 1 aromatic rings. The highest BCUT2D eigenvalue weighted by Crippen LogP contribution is 2.16. The predicted octanol–water partition coefficient (Wildman–Crippen LogP) is 1.22. The minimum absolute atomic E-state index is 0.132. The van der Waals surface area contributed by atoms with Crippen LogP contribution < -0.4 is 5.73 Å². The Morgan fingerprint density at radius 1 is 1.47 bits per heavy atom. The first-order valence-corrected chi connectivity index (χ1v) is 4.81. The summed E-state index contributed by atoms with van der Waals surface area (Å²) in [6.07, 6.45) is 3.78. The second kappa shape index (κ2) is 4.84. The van der Waals surface area contributed by atoms with Crippen LogP contribution in [0.2, 0.25) is 0 Å². The minimum Gasteiger partial charge on any atom is -0.475 e. The zero-order valence-electron chi connectivity index (χ0n) is 8.84. The molecule has 1 unspecified atom stereocenters. The first kappa shape index (κ1) is 11.6. The van der Waals surface area contributed by atoms with Crippen LogP contribution in [0, 0.1) is 5.92 Å². The molecule has 1 aromatic heterocycles. The van der Waals surface area contributed by atoms with Gasteiger partial charge in [-0.1, -0.05) is 13.8 Å². The molecule has 82 valence electrons. The molecule has 5 heteroatoms. The Morgan fingerprint density at radius 3 is 2.40 bits per heavy atom. The lowest BCUT2D eigenvalue weighted by atomic mass is 10.0. The minimum atomic E-state index is -1.13. The molecule has 0 saturated carbocycles. The van der Waals surface area contributed by atoms with Crippen LogP contribution in [-0.2, 0) is 0 Å². The fraction of sp³-hybridized carbons (Fsp3) is 0.500. The largest absolute Gasteiger partial charge is 0.475 e. The van der Waals surface area contributed by atoms with E-state index in [-0.39, 0.29) is 11.9 Å². The van der Waals surface area contributed by atoms with Crippen molar-refractivity contribution < 1.29 is 9.90 Å². The fourth-order valence-corrected chi connectivity index (χ4v) is 1.28. The van der Waals surface area contributed by atoms with Gasteiger partial charge >= 0.3 is 5.97 Å². The Morgan fingerprint density at radius 2 is 2.00 bits per heavy atom. The Hall–Kier alpha value is -1.49. The molecule has 3 N–H and O–H groups in total. The Bertz CT molecular complexity index is 335. The van der Waals surface area contributed by atoms with Gasteiger partial charge in [-0.15, -0.1) is 0 Å². The summed E-state index contributed by atoms with van der Waals surface area (Å²) in [7, 11) is 0. The highest BCUT2D eigenvalue weighted by atomic mass is 16.4. The third-order valence-electron chi connectivity index (χ3n) is 2.02. The summed E-state index contributed by atoms with van der Waals surface area (Å²) in [5.41, 5.74) is 6.67. The number of hydrogen-bond donors (Lipinski definition) is 2. The van der Waals surface area contributed by atoms with Crippen LogP contribution in [0.4, 0.5) is 0 Å². The fourth-order valence-electron chi connectivity index (χ4n) is 1.28. The van der Waals surface area contributed by atoms with Gasteiger partial charge in [0.1, 0.15) is 0 Å². The number of aromatic nitrogens is 2. The van der Waals surface area contributed by atoms with Gasteiger partial charge in [-0.05, 0) is 12.3 Å². The van der Waals surface area contributed by atoms with Gasteiger partial charge < -0.3 is 10.8 Å². The lowest BCUT2D eigenvalue weighted by molar-refractivity contribution is 0.0683. The van der Waals surface area contributed by atoms with Gasteiger partial charge in [0, 0.05) is 24.0 Å². The molecule has 0 aliphatic heterocycles. The first-order valence-electron chi connectivity index (χ1n) is 4.81. The van der Waals surface area contributed by atoms with Crippen molar-refractivity contribution >= 4 is 5.97 Å². The molecule has 0 bridgehead atoms. The lowest BCUT2D eigenvalue weighted by Crippen LogP contribution is -2.14. The van der Waals surface area contributed by atoms with E-state index in [4.69, 9.17) is 10.8 Å². The summed E-state index contributed by atoms with van der Waals surface area (Å²) in [6.45, 7) is 4.15. The molecule has 1 heterocycles. The van der Waals surface area contributed by atoms with E-state index in [0.717, 1.165) is 12.0 Å². The lowest BCUT2D eigenvalue weighted by Gasteiger charge is -2.13. The monoisotopic (exact) mass is 209 g/mol. The maximum absolute atomic E-state index is 10.5. The molecule has 1 rings (SSSR count). The third-order valence-corrected chi connectivity index (χ3v) is 2.02. The zero-order valence-corrected chi connectivity index (χ0v) is 8.84. The molecule has 0 aromatic carbocycles. The van der Waals surface area contributed by atoms with E-state index in [2.05, 4.69) is 23.8 Å². The van der Waals surface area contributed by atoms with Crippen molar-refractivity contribution in [1.29, 1.82) is 0 Å². The smallest absolute Gasteiger partial charge is 0.373 e. The second-order valence-corrected chi connectivity index (χ2v) is 3.88. The van der Waals surface area contributed by atoms with Crippen molar-refractivity contribution in [3.63, 3.8) is 0 Å². The van der Waals surface area contributed by atoms with Gasteiger partial charge in [0.15, 0.2) is 0 Å². The van der Waals surface area contributed by atoms with Crippen LogP contribution in [0.5, 0.6) is 0 Å². The number of carboxylic acids is 1. The third kappa shape index (κ3) is 3.28. The SMILES string of the molecule is CC(C)CC(N)c1cnc(C(=O)O)nc1. The number of rotatable bonds is 4. The van der Waals surface area contributed by atoms with E-state index in [9.17, 15) is 4.79 Å². The molecule has 0 saturated heterocycles. The van der Waals surface area contributed by atoms with Gasteiger partial charge in [-0.2, -0.15) is 0 Å². The van der Waals surface area contributed by atoms with Crippen LogP contribution in [0.3, 0.4) is 0 Å². The second-order valence-electron chi connectivity index (χ2n) is 3.88. The average Bonchev–Trinajstić information content (AvgIpc) is 2.17. The number of nitrogens with two attached hydrogens (primary N) is 1. The number of aromatic carboxylic acids is 1. The molecule has 1 atom stereocenters. The number of nitrogens with zero attached hydrogens (tertiary/aromatic N) is 2. The summed E-state index contributed by atoms with van der Waals surface area (Å²) in [4.78, 5) is 17.9. The Balaban J connectivity index is 2.75. The highest BCUT2D eigenvalue weighted by molar-refractivity contribution is 5.82. The van der Waals surface area contributed by atoms with Gasteiger partial charge in [-0.25, -0.2) is 14.8 Å². The van der Waals surface area contributed by atoms with Crippen LogP contribution in [0.15, 0.2) is 12.4 Å². The summed E-state index contributed by atoms with van der Waals surface area (Å²) in [6, 6.07) is -0.132. The molecular weight excluding hydrogens is 194 g/mol. The van der Waals surface area contributed by atoms with Crippen molar-refractivity contribution in [1.82, 2.24) is 9.97 Å². The summed E-state index contributed by atoms with van der Waals surface area (Å²) < 4.78 is 0. The topological polar surface area (TPSA) is 89.1 Å². The van der Waals surface area contributed by atoms with Crippen molar-refractivity contribution in [2.45, 2.75) is 26.3 Å². The van der Waals surface area contributed by atoms with E-state index < -0.39 is 5.97 Å². The standard InChI is InChI=1S/C10H15N3O2/c1-6(2)3-8(11)7-4-12-9(10(14)15)13-5-7/h4-6,8H,3,11H2,1-2H3,(H,14,15). The molecule has 15 heavy (non-hydrogen) atoms. The Kier molecular flexibility index (Phi) is 3.74. The average molecular weight is 209 g/mol. The molecule has 0 amide bonds. The van der Waals surface area contributed by atoms with E-state index >= 15 is 0 Å². The van der Waals surface area contributed by atoms with Crippen molar-refractivity contribution in [3.8, 4) is 0 Å². The molecule has 0 spiro atoms. The van der Waals surface area contributed by atoms with Crippen molar-refractivity contribution in [2.24, 2.45) is 11.7 Å². The first-order chi connectivity index (χ1) is 7.00. The van der Waals surface area contributed by atoms with E-state index in [1.54, 1.807) is 0 Å². The highest BCUT2D eigenvalue weighted by Gasteiger charge is 2.11. The van der Waals surface area contributed by atoms with Crippen LogP contribution >= 0.6 is 0 Å². The number of carboxylic acid groups (broad SMARTS) is 1. The van der Waals surface area contributed by atoms with Crippen molar-refractivity contribution in [2.75, 3.05) is 0 Å². The summed E-state index contributed by atoms with van der Waals surface area (Å²) in [5, 5.41) is 8.60. The van der Waals surface area contributed by atoms with Gasteiger partial charge in [-0.3, -0.25) is 0 Å². The van der Waals surface area contributed by atoms with E-state index in [0.29, 0.717) is 5.92 Å². The molecule has 0 aliphatic carbocycles. The molecule has 0 aliphatic rings. The van der Waals surface area contributed by atoms with Gasteiger partial charge in [0.05, 0.1) is 0 Å². The van der Waals surface area contributed by atoms with Crippen molar-refractivity contribution in [3.05, 3.63) is 23.8 Å². The van der Waals surface area contributed by atoms with Gasteiger partial charge in [0.2, 0.25) is 5.82 Å². The number of carbonyl (C=O) groups is 1. The van der Waals surface area contributed by atoms with Crippen LogP contribution in [0.25, 0.3) is 0 Å². The van der Waals surface area contributed by atoms with Crippen LogP contribution in [0.1, 0.15) is 42.5 Å². The molecule has 0 fully saturated rings. The summed E-state index contributed by atoms with van der Waals surface area (Å²) in [5.74, 6) is -0.839. The predicted molar refractivity (Wildman–Crippen MR) is 55.4 cm³/mol. The normalized spacial score (nSPS) is 12.8.